The SMILES string of the molecule is Cc1ccccc1-c1nnc(SCc2ncc(-c3cccc(Cl)c3)o2)n1C. The molecule has 4 rings (SSSR count). The number of hydrogen-bond acceptors (Lipinski definition) is 5. The zero-order valence-corrected chi connectivity index (χ0v) is 16.5. The third-order valence-electron chi connectivity index (χ3n) is 4.21. The molecule has 0 saturated heterocycles. The first kappa shape index (κ1) is 17.8. The lowest BCUT2D eigenvalue weighted by Crippen LogP contribution is -1.96. The number of rotatable bonds is 5. The Morgan fingerprint density at radius 2 is 1.96 bits per heavy atom. The summed E-state index contributed by atoms with van der Waals surface area (Å²) in [7, 11) is 1.97. The van der Waals surface area contributed by atoms with Crippen molar-refractivity contribution in [3.63, 3.8) is 0 Å². The molecule has 0 bridgehead atoms. The summed E-state index contributed by atoms with van der Waals surface area (Å²) >= 11 is 7.58. The van der Waals surface area contributed by atoms with Crippen molar-refractivity contribution in [1.82, 2.24) is 19.7 Å². The van der Waals surface area contributed by atoms with Crippen molar-refractivity contribution in [2.24, 2.45) is 7.05 Å². The summed E-state index contributed by atoms with van der Waals surface area (Å²) in [5, 5.41) is 10.1. The second kappa shape index (κ2) is 7.58. The predicted molar refractivity (Wildman–Crippen MR) is 108 cm³/mol. The van der Waals surface area contributed by atoms with Gasteiger partial charge in [0.2, 0.25) is 5.89 Å². The Balaban J connectivity index is 1.50. The highest BCUT2D eigenvalue weighted by Crippen LogP contribution is 2.28. The first-order valence-electron chi connectivity index (χ1n) is 8.40. The van der Waals surface area contributed by atoms with E-state index in [0.717, 1.165) is 22.1 Å². The largest absolute Gasteiger partial charge is 0.440 e. The Morgan fingerprint density at radius 3 is 2.78 bits per heavy atom. The van der Waals surface area contributed by atoms with Gasteiger partial charge in [0.05, 0.1) is 11.9 Å². The van der Waals surface area contributed by atoms with E-state index >= 15 is 0 Å². The number of hydrogen-bond donors (Lipinski definition) is 0. The lowest BCUT2D eigenvalue weighted by Gasteiger charge is -2.05. The summed E-state index contributed by atoms with van der Waals surface area (Å²) in [5.41, 5.74) is 3.16. The maximum Gasteiger partial charge on any atom is 0.205 e. The molecule has 0 aliphatic rings. The first-order valence-corrected chi connectivity index (χ1v) is 9.77. The van der Waals surface area contributed by atoms with Crippen LogP contribution >= 0.6 is 23.4 Å². The second-order valence-electron chi connectivity index (χ2n) is 6.10. The van der Waals surface area contributed by atoms with Gasteiger partial charge in [-0.15, -0.1) is 10.2 Å². The summed E-state index contributed by atoms with van der Waals surface area (Å²) in [4.78, 5) is 4.36. The number of oxazole rings is 1. The number of aromatic nitrogens is 4. The zero-order valence-electron chi connectivity index (χ0n) is 14.9. The average molecular weight is 397 g/mol. The lowest BCUT2D eigenvalue weighted by molar-refractivity contribution is 0.529. The van der Waals surface area contributed by atoms with Gasteiger partial charge in [0.15, 0.2) is 16.7 Å². The minimum atomic E-state index is 0.570. The van der Waals surface area contributed by atoms with E-state index in [1.165, 1.54) is 5.56 Å². The molecule has 5 nitrogen and oxygen atoms in total. The Bertz CT molecular complexity index is 1090. The number of benzene rings is 2. The summed E-state index contributed by atoms with van der Waals surface area (Å²) < 4.78 is 7.84. The Hall–Kier alpha value is -2.57. The van der Waals surface area contributed by atoms with Gasteiger partial charge in [0, 0.05) is 23.2 Å². The predicted octanol–water partition coefficient (Wildman–Crippen LogP) is 5.39. The van der Waals surface area contributed by atoms with Crippen molar-refractivity contribution < 1.29 is 4.42 Å². The molecule has 0 saturated carbocycles. The van der Waals surface area contributed by atoms with E-state index in [1.807, 2.05) is 48.0 Å². The van der Waals surface area contributed by atoms with E-state index in [1.54, 1.807) is 18.0 Å². The van der Waals surface area contributed by atoms with E-state index < -0.39 is 0 Å². The fourth-order valence-corrected chi connectivity index (χ4v) is 3.73. The monoisotopic (exact) mass is 396 g/mol. The van der Waals surface area contributed by atoms with Crippen molar-refractivity contribution in [3.05, 3.63) is 71.2 Å². The highest BCUT2D eigenvalue weighted by molar-refractivity contribution is 7.98. The normalized spacial score (nSPS) is 11.1. The van der Waals surface area contributed by atoms with Gasteiger partial charge >= 0.3 is 0 Å². The quantitative estimate of drug-likeness (QED) is 0.423. The van der Waals surface area contributed by atoms with Crippen molar-refractivity contribution in [2.75, 3.05) is 0 Å². The van der Waals surface area contributed by atoms with Gasteiger partial charge in [-0.3, -0.25) is 0 Å². The molecule has 0 aliphatic carbocycles. The van der Waals surface area contributed by atoms with Gasteiger partial charge in [-0.05, 0) is 24.6 Å². The zero-order chi connectivity index (χ0) is 18.8. The van der Waals surface area contributed by atoms with Gasteiger partial charge in [-0.1, -0.05) is 59.8 Å². The molecule has 2 aromatic carbocycles. The number of aryl methyl sites for hydroxylation is 1. The van der Waals surface area contributed by atoms with Crippen LogP contribution in [0.5, 0.6) is 0 Å². The fourth-order valence-electron chi connectivity index (χ4n) is 2.78. The van der Waals surface area contributed by atoms with Crippen LogP contribution in [0.3, 0.4) is 0 Å². The molecule has 0 amide bonds. The van der Waals surface area contributed by atoms with Crippen LogP contribution in [0, 0.1) is 6.92 Å². The van der Waals surface area contributed by atoms with E-state index in [9.17, 15) is 0 Å². The lowest BCUT2D eigenvalue weighted by atomic mass is 10.1. The van der Waals surface area contributed by atoms with Crippen LogP contribution in [0.1, 0.15) is 11.5 Å². The summed E-state index contributed by atoms with van der Waals surface area (Å²) in [5.74, 6) is 2.75. The van der Waals surface area contributed by atoms with Gasteiger partial charge in [0.25, 0.3) is 0 Å². The molecule has 0 N–H and O–H groups in total. The molecule has 4 aromatic rings. The molecule has 136 valence electrons. The third kappa shape index (κ3) is 3.77. The molecule has 7 heteroatoms. The molecule has 0 fully saturated rings. The van der Waals surface area contributed by atoms with E-state index in [2.05, 4.69) is 34.2 Å². The molecule has 0 unspecified atom stereocenters. The average Bonchev–Trinajstić information content (AvgIpc) is 3.28. The van der Waals surface area contributed by atoms with E-state index in [-0.39, 0.29) is 0 Å². The molecule has 2 aromatic heterocycles. The van der Waals surface area contributed by atoms with Gasteiger partial charge in [-0.25, -0.2) is 4.98 Å². The molecular formula is C20H17ClN4OS. The highest BCUT2D eigenvalue weighted by atomic mass is 35.5. The van der Waals surface area contributed by atoms with Crippen LogP contribution in [-0.4, -0.2) is 19.7 Å². The third-order valence-corrected chi connectivity index (χ3v) is 5.45. The maximum atomic E-state index is 6.04. The van der Waals surface area contributed by atoms with Crippen LogP contribution in [0.15, 0.2) is 64.3 Å². The minimum Gasteiger partial charge on any atom is -0.440 e. The van der Waals surface area contributed by atoms with E-state index in [0.29, 0.717) is 22.4 Å². The number of nitrogens with zero attached hydrogens (tertiary/aromatic N) is 4. The molecule has 2 heterocycles. The fraction of sp³-hybridized carbons (Fsp3) is 0.150. The van der Waals surface area contributed by atoms with Crippen LogP contribution in [0.25, 0.3) is 22.7 Å². The smallest absolute Gasteiger partial charge is 0.205 e. The Labute approximate surface area is 166 Å². The number of halogens is 1. The van der Waals surface area contributed by atoms with Gasteiger partial charge < -0.3 is 8.98 Å². The first-order chi connectivity index (χ1) is 13.1. The summed E-state index contributed by atoms with van der Waals surface area (Å²) in [6.45, 7) is 2.07. The Morgan fingerprint density at radius 1 is 1.11 bits per heavy atom. The topological polar surface area (TPSA) is 56.7 Å². The van der Waals surface area contributed by atoms with Crippen LogP contribution in [0.4, 0.5) is 0 Å². The van der Waals surface area contributed by atoms with Crippen molar-refractivity contribution in [2.45, 2.75) is 17.8 Å². The minimum absolute atomic E-state index is 0.570. The molecule has 0 radical (unpaired) electrons. The van der Waals surface area contributed by atoms with Crippen LogP contribution < -0.4 is 0 Å². The van der Waals surface area contributed by atoms with Gasteiger partial charge in [0.1, 0.15) is 0 Å². The van der Waals surface area contributed by atoms with Gasteiger partial charge in [-0.2, -0.15) is 0 Å². The molecule has 0 atom stereocenters. The van der Waals surface area contributed by atoms with Crippen molar-refractivity contribution >= 4 is 23.4 Å². The summed E-state index contributed by atoms with van der Waals surface area (Å²) in [6.07, 6.45) is 1.72. The molecular weight excluding hydrogens is 380 g/mol. The van der Waals surface area contributed by atoms with Crippen LogP contribution in [-0.2, 0) is 12.8 Å². The van der Waals surface area contributed by atoms with Crippen molar-refractivity contribution in [1.29, 1.82) is 0 Å². The highest BCUT2D eigenvalue weighted by Gasteiger charge is 2.14. The van der Waals surface area contributed by atoms with Crippen molar-refractivity contribution in [3.8, 4) is 22.7 Å². The van der Waals surface area contributed by atoms with E-state index in [4.69, 9.17) is 16.0 Å². The molecule has 0 aliphatic heterocycles. The molecule has 27 heavy (non-hydrogen) atoms. The summed E-state index contributed by atoms with van der Waals surface area (Å²) in [6, 6.07) is 15.7. The Kier molecular flexibility index (Phi) is 5.01. The molecule has 0 spiro atoms. The number of thioether (sulfide) groups is 1. The second-order valence-corrected chi connectivity index (χ2v) is 7.48. The standard InChI is InChI=1S/C20H17ClN4OS/c1-13-6-3-4-9-16(13)19-23-24-20(25(19)2)27-12-18-22-11-17(26-18)14-7-5-8-15(21)10-14/h3-11H,12H2,1-2H3. The maximum absolute atomic E-state index is 6.04. The van der Waals surface area contributed by atoms with Crippen LogP contribution in [0.2, 0.25) is 5.02 Å².